The summed E-state index contributed by atoms with van der Waals surface area (Å²) in [5.74, 6) is -0.499. The van der Waals surface area contributed by atoms with Crippen LogP contribution in [0, 0.1) is 5.82 Å². The van der Waals surface area contributed by atoms with E-state index in [1.807, 2.05) is 25.0 Å². The lowest BCUT2D eigenvalue weighted by Gasteiger charge is -2.12. The van der Waals surface area contributed by atoms with Gasteiger partial charge in [-0.2, -0.15) is 0 Å². The van der Waals surface area contributed by atoms with E-state index in [2.05, 4.69) is 4.98 Å². The molecule has 1 aromatic heterocycles. The maximum absolute atomic E-state index is 13.7. The summed E-state index contributed by atoms with van der Waals surface area (Å²) in [6.07, 6.45) is -0.345. The number of pyridine rings is 1. The van der Waals surface area contributed by atoms with Crippen LogP contribution in [0.2, 0.25) is 6.82 Å². The van der Waals surface area contributed by atoms with E-state index in [-0.39, 0.29) is 18.6 Å². The summed E-state index contributed by atoms with van der Waals surface area (Å²) < 4.78 is 24.0. The molecule has 1 aromatic carbocycles. The van der Waals surface area contributed by atoms with Gasteiger partial charge in [0.2, 0.25) is 5.88 Å². The zero-order chi connectivity index (χ0) is 17.1. The highest BCUT2D eigenvalue weighted by Crippen LogP contribution is 2.25. The van der Waals surface area contributed by atoms with Gasteiger partial charge in [0.25, 0.3) is 0 Å². The number of ether oxygens (including phenoxy) is 2. The van der Waals surface area contributed by atoms with E-state index in [0.717, 1.165) is 16.7 Å². The maximum atomic E-state index is 13.7. The van der Waals surface area contributed by atoms with Crippen LogP contribution in [0.3, 0.4) is 0 Å². The van der Waals surface area contributed by atoms with E-state index in [1.165, 1.54) is 13.2 Å². The fraction of sp³-hybridized carbons (Fsp3) is 0.294. The Morgan fingerprint density at radius 1 is 1.29 bits per heavy atom. The first-order valence-corrected chi connectivity index (χ1v) is 7.63. The molecular formula is C17H17BFN2O3. The fourth-order valence-electron chi connectivity index (χ4n) is 2.65. The van der Waals surface area contributed by atoms with Crippen molar-refractivity contribution >= 4 is 19.0 Å². The van der Waals surface area contributed by atoms with E-state index >= 15 is 0 Å². The van der Waals surface area contributed by atoms with Gasteiger partial charge in [0.15, 0.2) is 13.1 Å². The second-order valence-corrected chi connectivity index (χ2v) is 5.53. The molecule has 0 aliphatic carbocycles. The smallest absolute Gasteiger partial charge is 0.410 e. The highest BCUT2D eigenvalue weighted by molar-refractivity contribution is 6.50. The first-order chi connectivity index (χ1) is 11.6. The fourth-order valence-corrected chi connectivity index (χ4v) is 2.65. The Morgan fingerprint density at radius 2 is 2.08 bits per heavy atom. The predicted octanol–water partition coefficient (Wildman–Crippen LogP) is 2.26. The third kappa shape index (κ3) is 3.35. The molecule has 1 aliphatic heterocycles. The van der Waals surface area contributed by atoms with Crippen LogP contribution in [0.25, 0.3) is 0 Å². The van der Waals surface area contributed by atoms with Gasteiger partial charge in [0.05, 0.1) is 7.11 Å². The monoisotopic (exact) mass is 327 g/mol. The highest BCUT2D eigenvalue weighted by Gasteiger charge is 2.23. The van der Waals surface area contributed by atoms with Gasteiger partial charge in [0.1, 0.15) is 6.61 Å². The van der Waals surface area contributed by atoms with Crippen LogP contribution in [-0.4, -0.2) is 30.4 Å². The van der Waals surface area contributed by atoms with Crippen molar-refractivity contribution in [3.8, 4) is 5.88 Å². The quantitative estimate of drug-likeness (QED) is 0.809. The van der Waals surface area contributed by atoms with Gasteiger partial charge in [-0.1, -0.05) is 25.0 Å². The average Bonchev–Trinajstić information content (AvgIpc) is 3.03. The minimum atomic E-state index is -0.487. The summed E-state index contributed by atoms with van der Waals surface area (Å²) in [5, 5.41) is 0. The van der Waals surface area contributed by atoms with Crippen LogP contribution in [0.5, 0.6) is 5.88 Å². The predicted molar refractivity (Wildman–Crippen MR) is 87.9 cm³/mol. The van der Waals surface area contributed by atoms with Gasteiger partial charge in [-0.05, 0) is 28.8 Å². The number of nitrogens with zero attached hydrogens (tertiary/aromatic N) is 2. The Morgan fingerprint density at radius 3 is 2.83 bits per heavy atom. The number of carbonyl (C=O) groups excluding carboxylic acids is 1. The third-order valence-corrected chi connectivity index (χ3v) is 3.93. The molecule has 0 unspecified atom stereocenters. The number of fused-ring (bicyclic) bond motifs is 1. The largest absolute Gasteiger partial charge is 0.471 e. The summed E-state index contributed by atoms with van der Waals surface area (Å²) >= 11 is 0. The second-order valence-electron chi connectivity index (χ2n) is 5.53. The molecule has 2 aromatic rings. The zero-order valence-corrected chi connectivity index (χ0v) is 13.6. The minimum Gasteiger partial charge on any atom is -0.471 e. The molecule has 5 nitrogen and oxygen atoms in total. The Bertz CT molecular complexity index is 769. The first-order valence-electron chi connectivity index (χ1n) is 7.63. The number of halogens is 1. The van der Waals surface area contributed by atoms with Gasteiger partial charge in [-0.3, -0.25) is 4.90 Å². The molecule has 0 atom stereocenters. The Hall–Kier alpha value is -2.57. The molecule has 7 heteroatoms. The van der Waals surface area contributed by atoms with Gasteiger partial charge >= 0.3 is 6.09 Å². The van der Waals surface area contributed by atoms with E-state index in [1.54, 1.807) is 18.2 Å². The molecule has 0 bridgehead atoms. The van der Waals surface area contributed by atoms with Crippen LogP contribution >= 0.6 is 0 Å². The van der Waals surface area contributed by atoms with Crippen molar-refractivity contribution in [2.75, 3.05) is 7.11 Å². The summed E-state index contributed by atoms with van der Waals surface area (Å²) in [6, 6.07) is 8.77. The molecule has 3 rings (SSSR count). The second kappa shape index (κ2) is 6.90. The number of amides is 1. The molecule has 1 aliphatic rings. The number of hydrogen-bond donors (Lipinski definition) is 0. The lowest BCUT2D eigenvalue weighted by atomic mass is 9.78. The maximum Gasteiger partial charge on any atom is 0.410 e. The van der Waals surface area contributed by atoms with Gasteiger partial charge < -0.3 is 9.47 Å². The SMILES string of the molecule is C[B]c1ccc(F)c(OCc2ccc3c(c2)CN(C(=O)OC)C3)n1. The minimum absolute atomic E-state index is 0.0118. The van der Waals surface area contributed by atoms with Crippen molar-refractivity contribution in [3.05, 3.63) is 52.8 Å². The van der Waals surface area contributed by atoms with Gasteiger partial charge in [-0.15, -0.1) is 0 Å². The lowest BCUT2D eigenvalue weighted by Crippen LogP contribution is -2.24. The summed E-state index contributed by atoms with van der Waals surface area (Å²) in [6.45, 7) is 3.08. The molecule has 0 spiro atoms. The number of benzene rings is 1. The molecule has 0 fully saturated rings. The Labute approximate surface area is 140 Å². The molecule has 0 saturated heterocycles. The van der Waals surface area contributed by atoms with E-state index in [4.69, 9.17) is 9.47 Å². The summed E-state index contributed by atoms with van der Waals surface area (Å²) in [5.41, 5.74) is 3.68. The van der Waals surface area contributed by atoms with Crippen molar-refractivity contribution in [2.24, 2.45) is 0 Å². The average molecular weight is 327 g/mol. The molecule has 0 saturated carbocycles. The molecule has 123 valence electrons. The molecule has 0 N–H and O–H groups in total. The number of carbonyl (C=O) groups is 1. The molecule has 1 radical (unpaired) electrons. The Kier molecular flexibility index (Phi) is 4.69. The normalized spacial score (nSPS) is 12.7. The van der Waals surface area contributed by atoms with Crippen LogP contribution in [0.15, 0.2) is 30.3 Å². The van der Waals surface area contributed by atoms with Crippen molar-refractivity contribution in [2.45, 2.75) is 26.5 Å². The molecule has 24 heavy (non-hydrogen) atoms. The summed E-state index contributed by atoms with van der Waals surface area (Å²) in [7, 11) is 3.15. The highest BCUT2D eigenvalue weighted by atomic mass is 19.1. The third-order valence-electron chi connectivity index (χ3n) is 3.93. The number of aromatic nitrogens is 1. The van der Waals surface area contributed by atoms with Crippen LogP contribution in [0.1, 0.15) is 16.7 Å². The summed E-state index contributed by atoms with van der Waals surface area (Å²) in [4.78, 5) is 17.3. The first kappa shape index (κ1) is 16.3. The van der Waals surface area contributed by atoms with Crippen molar-refractivity contribution in [1.82, 2.24) is 9.88 Å². The van der Waals surface area contributed by atoms with E-state index < -0.39 is 5.82 Å². The number of methoxy groups -OCH3 is 1. The van der Waals surface area contributed by atoms with E-state index in [9.17, 15) is 9.18 Å². The van der Waals surface area contributed by atoms with Crippen molar-refractivity contribution in [1.29, 1.82) is 0 Å². The molecular weight excluding hydrogens is 310 g/mol. The Balaban J connectivity index is 1.69. The number of rotatable bonds is 4. The topological polar surface area (TPSA) is 51.7 Å². The van der Waals surface area contributed by atoms with Gasteiger partial charge in [0, 0.05) is 18.7 Å². The van der Waals surface area contributed by atoms with Crippen LogP contribution < -0.4 is 10.3 Å². The number of hydrogen-bond acceptors (Lipinski definition) is 4. The standard InChI is InChI=1S/C17H17BFN2O3/c1-18-15-6-5-14(19)16(20-15)24-10-11-3-4-12-8-21(17(22)23-2)9-13(12)7-11/h3-7H,8-10H2,1-2H3. The van der Waals surface area contributed by atoms with Gasteiger partial charge in [-0.25, -0.2) is 14.2 Å². The van der Waals surface area contributed by atoms with Crippen molar-refractivity contribution < 1.29 is 18.7 Å². The zero-order valence-electron chi connectivity index (χ0n) is 13.6. The molecule has 1 amide bonds. The lowest BCUT2D eigenvalue weighted by molar-refractivity contribution is 0.123. The van der Waals surface area contributed by atoms with E-state index in [0.29, 0.717) is 18.7 Å². The molecule has 2 heterocycles. The van der Waals surface area contributed by atoms with Crippen molar-refractivity contribution in [3.63, 3.8) is 0 Å². The van der Waals surface area contributed by atoms with Crippen LogP contribution in [0.4, 0.5) is 9.18 Å². The van der Waals surface area contributed by atoms with Crippen LogP contribution in [-0.2, 0) is 24.4 Å².